The van der Waals surface area contributed by atoms with Crippen molar-refractivity contribution in [2.45, 2.75) is 130 Å². The average Bonchev–Trinajstić information content (AvgIpc) is 3.59. The Labute approximate surface area is 306 Å². The summed E-state index contributed by atoms with van der Waals surface area (Å²) in [5.74, 6) is -1.62. The van der Waals surface area contributed by atoms with Gasteiger partial charge in [-0.2, -0.15) is 0 Å². The van der Waals surface area contributed by atoms with Crippen molar-refractivity contribution in [2.24, 2.45) is 23.7 Å². The van der Waals surface area contributed by atoms with Crippen LogP contribution in [0.2, 0.25) is 0 Å². The van der Waals surface area contributed by atoms with E-state index in [0.717, 1.165) is 12.8 Å². The second-order valence-electron chi connectivity index (χ2n) is 15.0. The molecular weight excluding hydrogens is 650 g/mol. The fraction of sp³-hybridized carbons (Fsp3) is 0.744. The minimum absolute atomic E-state index is 0.0148. The monoisotopic (exact) mass is 718 g/mol. The molecule has 0 bridgehead atoms. The van der Waals surface area contributed by atoms with E-state index in [4.69, 9.17) is 9.47 Å². The zero-order valence-corrected chi connectivity index (χ0v) is 33.1. The molecule has 0 saturated carbocycles. The maximum atomic E-state index is 14.1. The minimum atomic E-state index is -0.875. The predicted octanol–water partition coefficient (Wildman–Crippen LogP) is 3.53. The lowest BCUT2D eigenvalue weighted by Crippen LogP contribution is -2.59. The molecule has 10 atom stereocenters. The van der Waals surface area contributed by atoms with Gasteiger partial charge in [-0.15, -0.1) is 0 Å². The van der Waals surface area contributed by atoms with Crippen LogP contribution in [0.1, 0.15) is 92.7 Å². The highest BCUT2D eigenvalue weighted by atomic mass is 16.5. The Kier molecular flexibility index (Phi) is 18.0. The van der Waals surface area contributed by atoms with E-state index in [2.05, 4.69) is 16.0 Å². The standard InChI is InChI=1S/C39H67N5O7/c1-13-25(6)34(43(10)39(49)33(24(4)5)42-38(48)32(40-9)23(2)3)30(50-11)22-31(45)44-21-17-20-29(44)36(51-12)26(7)37(47)41-27(8)35(46)28-18-15-14-16-19-28/h14-16,18-19,23-27,29-30,32-36,40,46H,13,17,20-22H2,1-12H3,(H,41,47)(H,42,48)/t25-,26+,27+,29-,30+,32?,33-,34?,35+,36+/m0/s1. The number of rotatable bonds is 20. The summed E-state index contributed by atoms with van der Waals surface area (Å²) < 4.78 is 11.9. The quantitative estimate of drug-likeness (QED) is 0.160. The maximum Gasteiger partial charge on any atom is 0.245 e. The second-order valence-corrected chi connectivity index (χ2v) is 15.0. The van der Waals surface area contributed by atoms with E-state index in [9.17, 15) is 24.3 Å². The van der Waals surface area contributed by atoms with Crippen LogP contribution >= 0.6 is 0 Å². The third-order valence-electron chi connectivity index (χ3n) is 10.7. The van der Waals surface area contributed by atoms with Gasteiger partial charge >= 0.3 is 0 Å². The number of carbonyl (C=O) groups excluding carboxylic acids is 4. The molecule has 2 unspecified atom stereocenters. The molecular formula is C39H67N5O7. The fourth-order valence-electron chi connectivity index (χ4n) is 7.42. The summed E-state index contributed by atoms with van der Waals surface area (Å²) in [6.07, 6.45) is 0.147. The van der Waals surface area contributed by atoms with E-state index in [1.165, 1.54) is 0 Å². The van der Waals surface area contributed by atoms with Crippen molar-refractivity contribution in [2.75, 3.05) is 34.9 Å². The van der Waals surface area contributed by atoms with Gasteiger partial charge in [-0.1, -0.05) is 85.2 Å². The van der Waals surface area contributed by atoms with Crippen LogP contribution in [0.15, 0.2) is 30.3 Å². The van der Waals surface area contributed by atoms with Crippen LogP contribution in [-0.4, -0.2) is 116 Å². The van der Waals surface area contributed by atoms with E-state index in [-0.39, 0.29) is 53.8 Å². The van der Waals surface area contributed by atoms with E-state index in [0.29, 0.717) is 18.5 Å². The molecule has 1 aliphatic heterocycles. The van der Waals surface area contributed by atoms with Crippen LogP contribution in [-0.2, 0) is 28.7 Å². The van der Waals surface area contributed by atoms with Gasteiger partial charge < -0.3 is 40.3 Å². The van der Waals surface area contributed by atoms with E-state index < -0.39 is 48.4 Å². The number of nitrogens with zero attached hydrogens (tertiary/aromatic N) is 2. The molecule has 1 fully saturated rings. The van der Waals surface area contributed by atoms with Crippen molar-refractivity contribution in [1.29, 1.82) is 0 Å². The number of ether oxygens (including phenoxy) is 2. The van der Waals surface area contributed by atoms with Gasteiger partial charge in [-0.05, 0) is 50.1 Å². The third kappa shape index (κ3) is 11.5. The van der Waals surface area contributed by atoms with Gasteiger partial charge in [0.05, 0.1) is 54.8 Å². The summed E-state index contributed by atoms with van der Waals surface area (Å²) in [4.78, 5) is 58.3. The van der Waals surface area contributed by atoms with Crippen LogP contribution in [0.5, 0.6) is 0 Å². The fourth-order valence-corrected chi connectivity index (χ4v) is 7.42. The molecule has 290 valence electrons. The molecule has 1 aromatic rings. The maximum absolute atomic E-state index is 14.1. The van der Waals surface area contributed by atoms with Crippen molar-refractivity contribution in [3.05, 3.63) is 35.9 Å². The largest absolute Gasteiger partial charge is 0.386 e. The Morgan fingerprint density at radius 2 is 1.53 bits per heavy atom. The van der Waals surface area contributed by atoms with Crippen molar-refractivity contribution in [3.8, 4) is 0 Å². The van der Waals surface area contributed by atoms with Gasteiger partial charge in [0.25, 0.3) is 0 Å². The number of methoxy groups -OCH3 is 2. The molecule has 2 rings (SSSR count). The smallest absolute Gasteiger partial charge is 0.245 e. The molecule has 0 spiro atoms. The Hall–Kier alpha value is -3.06. The normalized spacial score (nSPS) is 20.1. The van der Waals surface area contributed by atoms with Crippen LogP contribution in [0.25, 0.3) is 0 Å². The summed E-state index contributed by atoms with van der Waals surface area (Å²) in [7, 11) is 6.57. The number of benzene rings is 1. The van der Waals surface area contributed by atoms with E-state index in [1.54, 1.807) is 52.0 Å². The van der Waals surface area contributed by atoms with Crippen LogP contribution in [0.3, 0.4) is 0 Å². The summed E-state index contributed by atoms with van der Waals surface area (Å²) in [6.45, 7) is 15.9. The first-order chi connectivity index (χ1) is 24.0. The summed E-state index contributed by atoms with van der Waals surface area (Å²) in [5.41, 5.74) is 0.711. The topological polar surface area (TPSA) is 150 Å². The van der Waals surface area contributed by atoms with Crippen molar-refractivity contribution < 1.29 is 33.8 Å². The van der Waals surface area contributed by atoms with Gasteiger partial charge in [-0.25, -0.2) is 0 Å². The highest BCUT2D eigenvalue weighted by Crippen LogP contribution is 2.30. The van der Waals surface area contributed by atoms with Gasteiger partial charge in [0.15, 0.2) is 0 Å². The molecule has 4 N–H and O–H groups in total. The van der Waals surface area contributed by atoms with Crippen LogP contribution in [0.4, 0.5) is 0 Å². The van der Waals surface area contributed by atoms with Crippen molar-refractivity contribution in [3.63, 3.8) is 0 Å². The number of aliphatic hydroxyl groups is 1. The van der Waals surface area contributed by atoms with Crippen LogP contribution < -0.4 is 16.0 Å². The first-order valence-electron chi connectivity index (χ1n) is 18.7. The highest BCUT2D eigenvalue weighted by Gasteiger charge is 2.43. The molecule has 1 heterocycles. The molecule has 4 amide bonds. The SMILES string of the molecule is CC[C@H](C)C([C@@H](CC(=O)N1CCC[C@H]1[C@H](OC)[C@@H](C)C(=O)N[C@H](C)[C@@H](O)c1ccccc1)OC)N(C)C(=O)[C@@H](NC(=O)C(NC)C(C)C)C(C)C. The van der Waals surface area contributed by atoms with E-state index >= 15 is 0 Å². The van der Waals surface area contributed by atoms with Gasteiger partial charge in [0.1, 0.15) is 6.04 Å². The average molecular weight is 718 g/mol. The molecule has 1 aromatic carbocycles. The number of hydrogen-bond donors (Lipinski definition) is 4. The molecule has 1 saturated heterocycles. The minimum Gasteiger partial charge on any atom is -0.386 e. The van der Waals surface area contributed by atoms with Gasteiger partial charge in [0.2, 0.25) is 23.6 Å². The molecule has 1 aliphatic rings. The number of nitrogens with one attached hydrogen (secondary N) is 3. The number of likely N-dealkylation sites (tertiary alicyclic amines) is 1. The third-order valence-corrected chi connectivity index (χ3v) is 10.7. The Morgan fingerprint density at radius 3 is 2.04 bits per heavy atom. The number of carbonyl (C=O) groups is 4. The summed E-state index contributed by atoms with van der Waals surface area (Å²) in [6, 6.07) is 6.67. The molecule has 0 aliphatic carbocycles. The van der Waals surface area contributed by atoms with Gasteiger partial charge in [0, 0.05) is 27.8 Å². The summed E-state index contributed by atoms with van der Waals surface area (Å²) in [5, 5.41) is 19.8. The first-order valence-corrected chi connectivity index (χ1v) is 18.7. The Morgan fingerprint density at radius 1 is 0.922 bits per heavy atom. The van der Waals surface area contributed by atoms with Gasteiger partial charge in [-0.3, -0.25) is 19.2 Å². The molecule has 0 radical (unpaired) electrons. The van der Waals surface area contributed by atoms with Crippen molar-refractivity contribution >= 4 is 23.6 Å². The van der Waals surface area contributed by atoms with Crippen LogP contribution in [0, 0.1) is 23.7 Å². The number of aliphatic hydroxyl groups excluding tert-OH is 1. The Bertz CT molecular complexity index is 1250. The number of hydrogen-bond acceptors (Lipinski definition) is 8. The van der Waals surface area contributed by atoms with Crippen molar-refractivity contribution in [1.82, 2.24) is 25.8 Å². The lowest BCUT2D eigenvalue weighted by molar-refractivity contribution is -0.148. The zero-order chi connectivity index (χ0) is 38.6. The van der Waals surface area contributed by atoms with E-state index in [1.807, 2.05) is 71.9 Å². The molecule has 51 heavy (non-hydrogen) atoms. The molecule has 0 aromatic heterocycles. The first kappa shape index (κ1) is 44.1. The predicted molar refractivity (Wildman–Crippen MR) is 200 cm³/mol. The zero-order valence-electron chi connectivity index (χ0n) is 33.1. The molecule has 12 nitrogen and oxygen atoms in total. The number of amides is 4. The Balaban J connectivity index is 2.24. The number of likely N-dealkylation sites (N-methyl/N-ethyl adjacent to an activating group) is 2. The highest BCUT2D eigenvalue weighted by molar-refractivity contribution is 5.90. The lowest BCUT2D eigenvalue weighted by atomic mass is 9.89. The molecule has 12 heteroatoms. The summed E-state index contributed by atoms with van der Waals surface area (Å²) >= 11 is 0. The second kappa shape index (κ2) is 20.8. The lowest BCUT2D eigenvalue weighted by Gasteiger charge is -2.41.